The number of nitrogens with one attached hydrogen (secondary N) is 1. The molecule has 1 saturated heterocycles. The molecule has 2 heterocycles. The minimum atomic E-state index is -0.561. The molecule has 1 amide bonds. The van der Waals surface area contributed by atoms with Crippen LogP contribution in [-0.2, 0) is 20.8 Å². The van der Waals surface area contributed by atoms with Crippen molar-refractivity contribution < 1.29 is 19.2 Å². The zero-order valence-electron chi connectivity index (χ0n) is 13.6. The molecular weight excluding hydrogens is 322 g/mol. The summed E-state index contributed by atoms with van der Waals surface area (Å²) >= 11 is 0. The van der Waals surface area contributed by atoms with E-state index >= 15 is 0 Å². The fourth-order valence-electron chi connectivity index (χ4n) is 2.80. The molecule has 1 unspecified atom stereocenters. The molecule has 25 heavy (non-hydrogen) atoms. The van der Waals surface area contributed by atoms with Gasteiger partial charge >= 0.3 is 5.97 Å². The Labute approximate surface area is 145 Å². The summed E-state index contributed by atoms with van der Waals surface area (Å²) < 4.78 is 5.67. The van der Waals surface area contributed by atoms with Gasteiger partial charge in [0.15, 0.2) is 0 Å². The van der Waals surface area contributed by atoms with Crippen molar-refractivity contribution in [3.05, 3.63) is 60.2 Å². The van der Waals surface area contributed by atoms with E-state index in [-0.39, 0.29) is 17.6 Å². The van der Waals surface area contributed by atoms with Gasteiger partial charge in [0.05, 0.1) is 17.6 Å². The maximum absolute atomic E-state index is 12.3. The molecule has 1 aromatic carbocycles. The fraction of sp³-hybridized carbons (Fsp3) is 0.333. The largest absolute Gasteiger partial charge is 0.377 e. The molecule has 1 aromatic heterocycles. The molecule has 7 nitrogen and oxygen atoms in total. The van der Waals surface area contributed by atoms with Gasteiger partial charge in [-0.1, -0.05) is 30.3 Å². The minimum absolute atomic E-state index is 0.204. The van der Waals surface area contributed by atoms with E-state index in [9.17, 15) is 9.59 Å². The summed E-state index contributed by atoms with van der Waals surface area (Å²) in [6, 6.07) is 10.0. The van der Waals surface area contributed by atoms with Crippen molar-refractivity contribution in [3.63, 3.8) is 0 Å². The third kappa shape index (κ3) is 4.60. The second kappa shape index (κ2) is 8.34. The SMILES string of the molecule is O=C(NOC(=O)[C@H]1CCOC1CCc1ccccc1)c1cncnc1. The van der Waals surface area contributed by atoms with Gasteiger partial charge in [-0.2, -0.15) is 5.48 Å². The quantitative estimate of drug-likeness (QED) is 0.833. The molecule has 1 fully saturated rings. The van der Waals surface area contributed by atoms with E-state index in [0.29, 0.717) is 13.0 Å². The lowest BCUT2D eigenvalue weighted by molar-refractivity contribution is -0.156. The first-order valence-electron chi connectivity index (χ1n) is 8.15. The van der Waals surface area contributed by atoms with E-state index in [1.54, 1.807) is 0 Å². The first kappa shape index (κ1) is 17.0. The van der Waals surface area contributed by atoms with Gasteiger partial charge in [-0.05, 0) is 24.8 Å². The Kier molecular flexibility index (Phi) is 5.69. The number of carbonyl (C=O) groups excluding carboxylic acids is 2. The number of amides is 1. The van der Waals surface area contributed by atoms with Crippen molar-refractivity contribution in [2.24, 2.45) is 5.92 Å². The molecule has 1 N–H and O–H groups in total. The number of rotatable bonds is 5. The molecule has 0 spiro atoms. The number of ether oxygens (including phenoxy) is 1. The molecule has 0 aliphatic carbocycles. The predicted molar refractivity (Wildman–Crippen MR) is 88.2 cm³/mol. The van der Waals surface area contributed by atoms with E-state index in [4.69, 9.17) is 9.57 Å². The molecule has 1 aliphatic heterocycles. The average Bonchev–Trinajstić information content (AvgIpc) is 3.14. The number of nitrogens with zero attached hydrogens (tertiary/aromatic N) is 2. The second-order valence-electron chi connectivity index (χ2n) is 5.81. The summed E-state index contributed by atoms with van der Waals surface area (Å²) in [5.41, 5.74) is 3.56. The lowest BCUT2D eigenvalue weighted by Crippen LogP contribution is -2.34. The molecule has 0 saturated carbocycles. The van der Waals surface area contributed by atoms with Crippen molar-refractivity contribution >= 4 is 11.9 Å². The number of hydroxylamine groups is 1. The number of carbonyl (C=O) groups is 2. The van der Waals surface area contributed by atoms with Crippen LogP contribution in [0, 0.1) is 5.92 Å². The average molecular weight is 341 g/mol. The van der Waals surface area contributed by atoms with Gasteiger partial charge in [-0.15, -0.1) is 0 Å². The number of aryl methyl sites for hydroxylation is 1. The zero-order valence-corrected chi connectivity index (χ0v) is 13.6. The lowest BCUT2D eigenvalue weighted by Gasteiger charge is -2.17. The lowest BCUT2D eigenvalue weighted by atomic mass is 9.96. The van der Waals surface area contributed by atoms with Crippen LogP contribution in [0.2, 0.25) is 0 Å². The predicted octanol–water partition coefficient (Wildman–Crippen LogP) is 1.70. The fourth-order valence-corrected chi connectivity index (χ4v) is 2.80. The van der Waals surface area contributed by atoms with E-state index in [2.05, 4.69) is 15.4 Å². The monoisotopic (exact) mass is 341 g/mol. The van der Waals surface area contributed by atoms with E-state index in [0.717, 1.165) is 12.8 Å². The first-order valence-corrected chi connectivity index (χ1v) is 8.15. The Hall–Kier alpha value is -2.80. The summed E-state index contributed by atoms with van der Waals surface area (Å²) in [6.45, 7) is 0.514. The van der Waals surface area contributed by atoms with Gasteiger partial charge in [-0.3, -0.25) is 4.79 Å². The summed E-state index contributed by atoms with van der Waals surface area (Å²) in [5.74, 6) is -1.43. The molecule has 7 heteroatoms. The smallest absolute Gasteiger partial charge is 0.337 e. The standard InChI is InChI=1S/C18H19N3O4/c22-17(14-10-19-12-20-11-14)21-25-18(23)15-8-9-24-16(15)7-6-13-4-2-1-3-5-13/h1-5,10-12,15-16H,6-9H2,(H,21,22)/t15-,16?/m0/s1. The van der Waals surface area contributed by atoms with Gasteiger partial charge in [0, 0.05) is 19.0 Å². The van der Waals surface area contributed by atoms with Gasteiger partial charge in [0.1, 0.15) is 6.33 Å². The highest BCUT2D eigenvalue weighted by molar-refractivity contribution is 5.93. The van der Waals surface area contributed by atoms with Crippen LogP contribution < -0.4 is 5.48 Å². The maximum Gasteiger partial charge on any atom is 0.337 e. The van der Waals surface area contributed by atoms with Crippen LogP contribution in [-0.4, -0.2) is 34.6 Å². The summed E-state index contributed by atoms with van der Waals surface area (Å²) in [6.07, 6.45) is 5.94. The van der Waals surface area contributed by atoms with Crippen LogP contribution >= 0.6 is 0 Å². The van der Waals surface area contributed by atoms with Gasteiger partial charge < -0.3 is 9.57 Å². The van der Waals surface area contributed by atoms with Crippen LogP contribution in [0.4, 0.5) is 0 Å². The van der Waals surface area contributed by atoms with Crippen LogP contribution in [0.15, 0.2) is 49.1 Å². The third-order valence-corrected chi connectivity index (χ3v) is 4.14. The molecule has 3 rings (SSSR count). The normalized spacial score (nSPS) is 19.4. The molecule has 1 aliphatic rings. The third-order valence-electron chi connectivity index (χ3n) is 4.14. The Bertz CT molecular complexity index is 709. The molecule has 0 radical (unpaired) electrons. The Morgan fingerprint density at radius 2 is 1.96 bits per heavy atom. The second-order valence-corrected chi connectivity index (χ2v) is 5.81. The Morgan fingerprint density at radius 3 is 2.72 bits per heavy atom. The highest BCUT2D eigenvalue weighted by atomic mass is 16.7. The van der Waals surface area contributed by atoms with E-state index in [1.807, 2.05) is 30.3 Å². The number of aromatic nitrogens is 2. The number of hydrogen-bond acceptors (Lipinski definition) is 6. The highest BCUT2D eigenvalue weighted by Crippen LogP contribution is 2.26. The van der Waals surface area contributed by atoms with Crippen molar-refractivity contribution in [2.75, 3.05) is 6.61 Å². The van der Waals surface area contributed by atoms with Crippen molar-refractivity contribution in [1.82, 2.24) is 15.4 Å². The summed E-state index contributed by atoms with van der Waals surface area (Å²) in [7, 11) is 0. The van der Waals surface area contributed by atoms with Gasteiger partial charge in [0.25, 0.3) is 5.91 Å². The molecular formula is C18H19N3O4. The van der Waals surface area contributed by atoms with Gasteiger partial charge in [-0.25, -0.2) is 14.8 Å². The number of hydrogen-bond donors (Lipinski definition) is 1. The minimum Gasteiger partial charge on any atom is -0.377 e. The summed E-state index contributed by atoms with van der Waals surface area (Å²) in [5, 5.41) is 0. The number of benzene rings is 1. The maximum atomic E-state index is 12.3. The van der Waals surface area contributed by atoms with Crippen LogP contribution in [0.1, 0.15) is 28.8 Å². The molecule has 0 bridgehead atoms. The first-order chi connectivity index (χ1) is 12.2. The zero-order chi connectivity index (χ0) is 17.5. The topological polar surface area (TPSA) is 90.4 Å². The molecule has 2 atom stereocenters. The van der Waals surface area contributed by atoms with Crippen LogP contribution in [0.25, 0.3) is 0 Å². The highest BCUT2D eigenvalue weighted by Gasteiger charge is 2.35. The van der Waals surface area contributed by atoms with Crippen LogP contribution in [0.3, 0.4) is 0 Å². The summed E-state index contributed by atoms with van der Waals surface area (Å²) in [4.78, 5) is 36.5. The van der Waals surface area contributed by atoms with E-state index < -0.39 is 11.9 Å². The van der Waals surface area contributed by atoms with Gasteiger partial charge in [0.2, 0.25) is 0 Å². The van der Waals surface area contributed by atoms with Crippen molar-refractivity contribution in [3.8, 4) is 0 Å². The Balaban J connectivity index is 1.49. The van der Waals surface area contributed by atoms with E-state index in [1.165, 1.54) is 24.3 Å². The van der Waals surface area contributed by atoms with Crippen molar-refractivity contribution in [2.45, 2.75) is 25.4 Å². The Morgan fingerprint density at radius 1 is 1.20 bits per heavy atom. The van der Waals surface area contributed by atoms with Crippen molar-refractivity contribution in [1.29, 1.82) is 0 Å². The molecule has 2 aromatic rings. The van der Waals surface area contributed by atoms with Crippen LogP contribution in [0.5, 0.6) is 0 Å². The molecule has 130 valence electrons.